The number of hydrogen-bond donors (Lipinski definition) is 0. The van der Waals surface area contributed by atoms with Gasteiger partial charge in [-0.25, -0.2) is 4.98 Å². The van der Waals surface area contributed by atoms with Gasteiger partial charge in [-0.15, -0.1) is 0 Å². The maximum atomic E-state index is 12.3. The van der Waals surface area contributed by atoms with Crippen molar-refractivity contribution in [1.29, 1.82) is 0 Å². The first-order chi connectivity index (χ1) is 8.22. The Morgan fingerprint density at radius 3 is 2.88 bits per heavy atom. The molecule has 92 valence electrons. The summed E-state index contributed by atoms with van der Waals surface area (Å²) in [5, 5.41) is 0. The minimum absolute atomic E-state index is 0.0828. The topological polar surface area (TPSA) is 33.2 Å². The van der Waals surface area contributed by atoms with Crippen molar-refractivity contribution in [2.45, 2.75) is 26.2 Å². The first-order valence-electron chi connectivity index (χ1n) is 6.12. The van der Waals surface area contributed by atoms with Gasteiger partial charge < -0.3 is 4.90 Å². The Kier molecular flexibility index (Phi) is 4.15. The zero-order valence-corrected chi connectivity index (χ0v) is 11.6. The average molecular weight is 297 g/mol. The summed E-state index contributed by atoms with van der Waals surface area (Å²) in [4.78, 5) is 18.3. The van der Waals surface area contributed by atoms with E-state index in [4.69, 9.17) is 0 Å². The molecular weight excluding hydrogens is 280 g/mol. The molecule has 0 atom stereocenters. The first kappa shape index (κ1) is 12.6. The monoisotopic (exact) mass is 296 g/mol. The lowest BCUT2D eigenvalue weighted by molar-refractivity contribution is 0.0705. The third kappa shape index (κ3) is 2.86. The first-order valence-corrected chi connectivity index (χ1v) is 6.91. The number of pyridine rings is 1. The van der Waals surface area contributed by atoms with E-state index in [1.165, 1.54) is 19.3 Å². The van der Waals surface area contributed by atoms with Crippen LogP contribution in [0.2, 0.25) is 0 Å². The minimum atomic E-state index is 0.0828. The largest absolute Gasteiger partial charge is 0.339 e. The lowest BCUT2D eigenvalue weighted by Gasteiger charge is -2.31. The fourth-order valence-electron chi connectivity index (χ4n) is 2.06. The molecule has 2 rings (SSSR count). The summed E-state index contributed by atoms with van der Waals surface area (Å²) in [6.45, 7) is 3.67. The standard InChI is InChI=1S/C13H17BrN2O/c1-2-16(9-10-5-3-6-10)13(17)11-7-4-8-15-12(11)14/h4,7-8,10H,2-3,5-6,9H2,1H3. The molecule has 0 aliphatic heterocycles. The van der Waals surface area contributed by atoms with Gasteiger partial charge in [0.1, 0.15) is 4.60 Å². The molecule has 1 fully saturated rings. The molecule has 0 N–H and O–H groups in total. The van der Waals surface area contributed by atoms with E-state index in [2.05, 4.69) is 20.9 Å². The molecule has 1 aromatic rings. The van der Waals surface area contributed by atoms with Crippen LogP contribution in [0.3, 0.4) is 0 Å². The van der Waals surface area contributed by atoms with Crippen LogP contribution >= 0.6 is 15.9 Å². The lowest BCUT2D eigenvalue weighted by Crippen LogP contribution is -2.37. The van der Waals surface area contributed by atoms with Gasteiger partial charge in [0, 0.05) is 19.3 Å². The van der Waals surface area contributed by atoms with Gasteiger partial charge in [0.15, 0.2) is 0 Å². The molecule has 0 bridgehead atoms. The molecule has 0 saturated heterocycles. The highest BCUT2D eigenvalue weighted by molar-refractivity contribution is 9.10. The van der Waals surface area contributed by atoms with Crippen molar-refractivity contribution in [3.05, 3.63) is 28.5 Å². The SMILES string of the molecule is CCN(CC1CCC1)C(=O)c1cccnc1Br. The summed E-state index contributed by atoms with van der Waals surface area (Å²) < 4.78 is 0.636. The number of amides is 1. The van der Waals surface area contributed by atoms with E-state index >= 15 is 0 Å². The fraction of sp³-hybridized carbons (Fsp3) is 0.538. The predicted molar refractivity (Wildman–Crippen MR) is 70.9 cm³/mol. The molecule has 1 aromatic heterocycles. The molecule has 4 heteroatoms. The van der Waals surface area contributed by atoms with Crippen molar-refractivity contribution in [2.24, 2.45) is 5.92 Å². The van der Waals surface area contributed by atoms with Crippen LogP contribution in [-0.4, -0.2) is 28.9 Å². The molecule has 0 aromatic carbocycles. The molecule has 0 unspecified atom stereocenters. The Labute approximate surface area is 110 Å². The van der Waals surface area contributed by atoms with Gasteiger partial charge in [-0.3, -0.25) is 4.79 Å². The number of hydrogen-bond acceptors (Lipinski definition) is 2. The van der Waals surface area contributed by atoms with Crippen molar-refractivity contribution < 1.29 is 4.79 Å². The quantitative estimate of drug-likeness (QED) is 0.800. The Morgan fingerprint density at radius 2 is 2.35 bits per heavy atom. The van der Waals surface area contributed by atoms with Crippen LogP contribution in [0.15, 0.2) is 22.9 Å². The van der Waals surface area contributed by atoms with Crippen LogP contribution in [0.25, 0.3) is 0 Å². The zero-order chi connectivity index (χ0) is 12.3. The molecule has 1 amide bonds. The second kappa shape index (κ2) is 5.63. The molecule has 0 radical (unpaired) electrons. The van der Waals surface area contributed by atoms with Gasteiger partial charge >= 0.3 is 0 Å². The molecule has 1 heterocycles. The maximum absolute atomic E-state index is 12.3. The van der Waals surface area contributed by atoms with E-state index in [0.717, 1.165) is 13.1 Å². The average Bonchev–Trinajstić information content (AvgIpc) is 2.28. The summed E-state index contributed by atoms with van der Waals surface area (Å²) in [5.74, 6) is 0.786. The van der Waals surface area contributed by atoms with Crippen molar-refractivity contribution in [1.82, 2.24) is 9.88 Å². The van der Waals surface area contributed by atoms with Gasteiger partial charge in [0.2, 0.25) is 0 Å². The number of carbonyl (C=O) groups is 1. The summed E-state index contributed by atoms with van der Waals surface area (Å²) in [7, 11) is 0. The number of carbonyl (C=O) groups excluding carboxylic acids is 1. The van der Waals surface area contributed by atoms with Crippen LogP contribution in [0.1, 0.15) is 36.5 Å². The van der Waals surface area contributed by atoms with E-state index in [0.29, 0.717) is 16.1 Å². The van der Waals surface area contributed by atoms with Gasteiger partial charge in [-0.1, -0.05) is 6.42 Å². The molecule has 0 spiro atoms. The molecule has 1 aliphatic rings. The maximum Gasteiger partial charge on any atom is 0.256 e. The van der Waals surface area contributed by atoms with E-state index in [1.54, 1.807) is 12.3 Å². The van der Waals surface area contributed by atoms with Crippen molar-refractivity contribution in [3.8, 4) is 0 Å². The van der Waals surface area contributed by atoms with Crippen LogP contribution in [0.4, 0.5) is 0 Å². The second-order valence-corrected chi connectivity index (χ2v) is 5.23. The third-order valence-corrected chi connectivity index (χ3v) is 3.99. The summed E-state index contributed by atoms with van der Waals surface area (Å²) in [6.07, 6.45) is 5.52. The molecular formula is C13H17BrN2O. The van der Waals surface area contributed by atoms with Gasteiger partial charge in [0.05, 0.1) is 5.56 Å². The second-order valence-electron chi connectivity index (χ2n) is 4.48. The Balaban J connectivity index is 2.08. The van der Waals surface area contributed by atoms with E-state index in [1.807, 2.05) is 17.9 Å². The summed E-state index contributed by atoms with van der Waals surface area (Å²) in [6, 6.07) is 3.62. The van der Waals surface area contributed by atoms with Crippen molar-refractivity contribution >= 4 is 21.8 Å². The normalized spacial score (nSPS) is 15.4. The van der Waals surface area contributed by atoms with Gasteiger partial charge in [-0.05, 0) is 53.7 Å². The van der Waals surface area contributed by atoms with Crippen LogP contribution in [-0.2, 0) is 0 Å². The molecule has 1 saturated carbocycles. The Bertz CT molecular complexity index is 404. The Morgan fingerprint density at radius 1 is 1.59 bits per heavy atom. The Hall–Kier alpha value is -0.900. The number of aromatic nitrogens is 1. The van der Waals surface area contributed by atoms with Crippen LogP contribution in [0.5, 0.6) is 0 Å². The van der Waals surface area contributed by atoms with Crippen molar-refractivity contribution in [2.75, 3.05) is 13.1 Å². The van der Waals surface area contributed by atoms with E-state index < -0.39 is 0 Å². The number of nitrogens with zero attached hydrogens (tertiary/aromatic N) is 2. The highest BCUT2D eigenvalue weighted by Gasteiger charge is 2.24. The van der Waals surface area contributed by atoms with E-state index in [-0.39, 0.29) is 5.91 Å². The predicted octanol–water partition coefficient (Wildman–Crippen LogP) is 3.11. The smallest absolute Gasteiger partial charge is 0.256 e. The zero-order valence-electron chi connectivity index (χ0n) is 10.0. The van der Waals surface area contributed by atoms with Gasteiger partial charge in [0.25, 0.3) is 5.91 Å². The fourth-order valence-corrected chi connectivity index (χ4v) is 2.48. The van der Waals surface area contributed by atoms with Crippen molar-refractivity contribution in [3.63, 3.8) is 0 Å². The highest BCUT2D eigenvalue weighted by Crippen LogP contribution is 2.27. The van der Waals surface area contributed by atoms with E-state index in [9.17, 15) is 4.79 Å². The third-order valence-electron chi connectivity index (χ3n) is 3.36. The molecule has 1 aliphatic carbocycles. The van der Waals surface area contributed by atoms with Gasteiger partial charge in [-0.2, -0.15) is 0 Å². The minimum Gasteiger partial charge on any atom is -0.339 e. The molecule has 17 heavy (non-hydrogen) atoms. The van der Waals surface area contributed by atoms with Crippen LogP contribution < -0.4 is 0 Å². The summed E-state index contributed by atoms with van der Waals surface area (Å²) in [5.41, 5.74) is 0.661. The van der Waals surface area contributed by atoms with Crippen LogP contribution in [0, 0.1) is 5.92 Å². The lowest BCUT2D eigenvalue weighted by atomic mass is 9.85. The summed E-state index contributed by atoms with van der Waals surface area (Å²) >= 11 is 3.33. The molecule has 3 nitrogen and oxygen atoms in total. The number of rotatable bonds is 4. The number of halogens is 1. The highest BCUT2D eigenvalue weighted by atomic mass is 79.9.